The summed E-state index contributed by atoms with van der Waals surface area (Å²) in [5, 5.41) is 13.8. The molecule has 0 N–H and O–H groups in total. The zero-order valence-electron chi connectivity index (χ0n) is 19.2. The van der Waals surface area contributed by atoms with Gasteiger partial charge in [-0.1, -0.05) is 30.7 Å². The largest absolute Gasteiger partial charge is 0.494 e. The summed E-state index contributed by atoms with van der Waals surface area (Å²) in [5.74, 6) is 1.07. The van der Waals surface area contributed by atoms with Crippen molar-refractivity contribution < 1.29 is 4.74 Å². The third-order valence-electron chi connectivity index (χ3n) is 6.98. The molecule has 1 aliphatic carbocycles. The SMILES string of the molecule is N#CC1CC=C(c2cccn3ncc(-c4ccc(OCCCN5CCCCC5)cc4)c23)CC1. The van der Waals surface area contributed by atoms with Crippen LogP contribution in [0.1, 0.15) is 50.5 Å². The van der Waals surface area contributed by atoms with Crippen LogP contribution in [0.5, 0.6) is 5.75 Å². The summed E-state index contributed by atoms with van der Waals surface area (Å²) in [6.45, 7) is 4.38. The molecule has 1 atom stereocenters. The number of piperidine rings is 1. The van der Waals surface area contributed by atoms with E-state index in [1.807, 2.05) is 16.9 Å². The zero-order valence-corrected chi connectivity index (χ0v) is 19.2. The van der Waals surface area contributed by atoms with Crippen molar-refractivity contribution in [3.63, 3.8) is 0 Å². The quantitative estimate of drug-likeness (QED) is 0.425. The Morgan fingerprint density at radius 2 is 1.91 bits per heavy atom. The summed E-state index contributed by atoms with van der Waals surface area (Å²) < 4.78 is 7.98. The summed E-state index contributed by atoms with van der Waals surface area (Å²) >= 11 is 0. The highest BCUT2D eigenvalue weighted by Gasteiger charge is 2.19. The normalized spacial score (nSPS) is 19.2. The van der Waals surface area contributed by atoms with Crippen molar-refractivity contribution >= 4 is 11.1 Å². The van der Waals surface area contributed by atoms with Crippen LogP contribution in [0.15, 0.2) is 54.9 Å². The fourth-order valence-electron chi connectivity index (χ4n) is 5.10. The van der Waals surface area contributed by atoms with E-state index >= 15 is 0 Å². The van der Waals surface area contributed by atoms with Gasteiger partial charge in [-0.2, -0.15) is 10.4 Å². The van der Waals surface area contributed by atoms with Crippen LogP contribution in [-0.2, 0) is 0 Å². The molecular weight excluding hydrogens is 408 g/mol. The first-order valence-corrected chi connectivity index (χ1v) is 12.3. The molecule has 0 radical (unpaired) electrons. The molecular formula is C28H32N4O. The monoisotopic (exact) mass is 440 g/mol. The minimum absolute atomic E-state index is 0.144. The van der Waals surface area contributed by atoms with Crippen molar-refractivity contribution in [2.45, 2.75) is 44.9 Å². The summed E-state index contributed by atoms with van der Waals surface area (Å²) in [7, 11) is 0. The minimum Gasteiger partial charge on any atom is -0.494 e. The lowest BCUT2D eigenvalue weighted by Gasteiger charge is -2.26. The first-order chi connectivity index (χ1) is 16.3. The molecule has 3 heterocycles. The van der Waals surface area contributed by atoms with Gasteiger partial charge in [0, 0.05) is 23.9 Å². The zero-order chi connectivity index (χ0) is 22.5. The number of hydrogen-bond donors (Lipinski definition) is 0. The molecule has 1 unspecified atom stereocenters. The number of ether oxygens (including phenoxy) is 1. The lowest BCUT2D eigenvalue weighted by atomic mass is 9.86. The molecule has 0 bridgehead atoms. The van der Waals surface area contributed by atoms with E-state index < -0.39 is 0 Å². The van der Waals surface area contributed by atoms with Crippen LogP contribution in [-0.4, -0.2) is 40.8 Å². The number of nitriles is 1. The summed E-state index contributed by atoms with van der Waals surface area (Å²) in [5.41, 5.74) is 5.95. The van der Waals surface area contributed by atoms with Gasteiger partial charge in [-0.25, -0.2) is 4.52 Å². The lowest BCUT2D eigenvalue weighted by Crippen LogP contribution is -2.31. The molecule has 2 aromatic heterocycles. The molecule has 0 amide bonds. The van der Waals surface area contributed by atoms with Gasteiger partial charge in [-0.05, 0) is 81.0 Å². The highest BCUT2D eigenvalue weighted by atomic mass is 16.5. The van der Waals surface area contributed by atoms with Crippen molar-refractivity contribution in [2.24, 2.45) is 5.92 Å². The number of nitrogens with zero attached hydrogens (tertiary/aromatic N) is 4. The van der Waals surface area contributed by atoms with Gasteiger partial charge in [0.2, 0.25) is 0 Å². The number of likely N-dealkylation sites (tertiary alicyclic amines) is 1. The Balaban J connectivity index is 1.28. The predicted molar refractivity (Wildman–Crippen MR) is 132 cm³/mol. The maximum atomic E-state index is 9.22. The molecule has 1 fully saturated rings. The number of hydrogen-bond acceptors (Lipinski definition) is 4. The number of aromatic nitrogens is 2. The van der Waals surface area contributed by atoms with Crippen LogP contribution in [0.4, 0.5) is 0 Å². The molecule has 1 aliphatic heterocycles. The Hall–Kier alpha value is -3.10. The maximum Gasteiger partial charge on any atom is 0.119 e. The van der Waals surface area contributed by atoms with Crippen LogP contribution in [0.3, 0.4) is 0 Å². The van der Waals surface area contributed by atoms with Crippen LogP contribution in [0, 0.1) is 17.2 Å². The third-order valence-corrected chi connectivity index (χ3v) is 6.98. The van der Waals surface area contributed by atoms with Crippen molar-refractivity contribution in [1.82, 2.24) is 14.5 Å². The van der Waals surface area contributed by atoms with Gasteiger partial charge < -0.3 is 9.64 Å². The highest BCUT2D eigenvalue weighted by molar-refractivity contribution is 5.90. The van der Waals surface area contributed by atoms with Gasteiger partial charge in [0.25, 0.3) is 0 Å². The number of fused-ring (bicyclic) bond motifs is 1. The first-order valence-electron chi connectivity index (χ1n) is 12.3. The smallest absolute Gasteiger partial charge is 0.119 e. The second kappa shape index (κ2) is 10.2. The summed E-state index contributed by atoms with van der Waals surface area (Å²) in [6.07, 6.45) is 14.0. The molecule has 1 aromatic carbocycles. The van der Waals surface area contributed by atoms with E-state index in [0.29, 0.717) is 0 Å². The molecule has 0 spiro atoms. The number of benzene rings is 1. The number of rotatable bonds is 7. The van der Waals surface area contributed by atoms with Gasteiger partial charge in [0.15, 0.2) is 0 Å². The molecule has 5 rings (SSSR count). The second-order valence-electron chi connectivity index (χ2n) is 9.23. The van der Waals surface area contributed by atoms with E-state index in [1.54, 1.807) is 0 Å². The van der Waals surface area contributed by atoms with Crippen LogP contribution < -0.4 is 4.74 Å². The predicted octanol–water partition coefficient (Wildman–Crippen LogP) is 5.96. The fraction of sp³-hybridized carbons (Fsp3) is 0.429. The van der Waals surface area contributed by atoms with E-state index in [-0.39, 0.29) is 5.92 Å². The Morgan fingerprint density at radius 3 is 2.67 bits per heavy atom. The topological polar surface area (TPSA) is 53.6 Å². The van der Waals surface area contributed by atoms with Crippen molar-refractivity contribution in [3.8, 4) is 22.9 Å². The van der Waals surface area contributed by atoms with E-state index in [9.17, 15) is 5.26 Å². The maximum absolute atomic E-state index is 9.22. The minimum atomic E-state index is 0.144. The fourth-order valence-corrected chi connectivity index (χ4v) is 5.10. The van der Waals surface area contributed by atoms with Crippen molar-refractivity contribution in [3.05, 3.63) is 60.4 Å². The lowest BCUT2D eigenvalue weighted by molar-refractivity contribution is 0.205. The third kappa shape index (κ3) is 4.96. The van der Waals surface area contributed by atoms with E-state index in [2.05, 4.69) is 58.5 Å². The van der Waals surface area contributed by atoms with Gasteiger partial charge in [0.1, 0.15) is 5.75 Å². The van der Waals surface area contributed by atoms with Gasteiger partial charge in [-0.15, -0.1) is 0 Å². The van der Waals surface area contributed by atoms with Gasteiger partial charge in [-0.3, -0.25) is 0 Å². The highest BCUT2D eigenvalue weighted by Crippen LogP contribution is 2.36. The van der Waals surface area contributed by atoms with E-state index in [4.69, 9.17) is 4.74 Å². The molecule has 33 heavy (non-hydrogen) atoms. The Morgan fingerprint density at radius 1 is 1.06 bits per heavy atom. The molecule has 1 saturated heterocycles. The Bertz CT molecular complexity index is 1150. The standard InChI is InChI=1S/C28H32N4O/c29-20-22-7-9-23(10-8-22)26-6-4-18-32-28(26)27(21-30-32)24-11-13-25(14-12-24)33-19-5-17-31-15-2-1-3-16-31/h4,6,9,11-14,18,21-22H,1-3,5,7-8,10,15-17,19H2. The van der Waals surface area contributed by atoms with E-state index in [0.717, 1.165) is 61.2 Å². The van der Waals surface area contributed by atoms with Gasteiger partial charge >= 0.3 is 0 Å². The molecule has 5 heteroatoms. The van der Waals surface area contributed by atoms with Crippen molar-refractivity contribution in [2.75, 3.05) is 26.2 Å². The van der Waals surface area contributed by atoms with Crippen molar-refractivity contribution in [1.29, 1.82) is 5.26 Å². The van der Waals surface area contributed by atoms with Crippen LogP contribution in [0.2, 0.25) is 0 Å². The Kier molecular flexibility index (Phi) is 6.73. The molecule has 5 nitrogen and oxygen atoms in total. The van der Waals surface area contributed by atoms with Crippen LogP contribution >= 0.6 is 0 Å². The molecule has 3 aromatic rings. The average Bonchev–Trinajstić information content (AvgIpc) is 3.32. The molecule has 2 aliphatic rings. The van der Waals surface area contributed by atoms with E-state index in [1.165, 1.54) is 43.5 Å². The summed E-state index contributed by atoms with van der Waals surface area (Å²) in [6, 6.07) is 15.0. The average molecular weight is 441 g/mol. The molecule has 170 valence electrons. The van der Waals surface area contributed by atoms with Crippen LogP contribution in [0.25, 0.3) is 22.2 Å². The number of allylic oxidation sites excluding steroid dienone is 2. The number of pyridine rings is 1. The van der Waals surface area contributed by atoms with Gasteiger partial charge in [0.05, 0.1) is 30.3 Å². The second-order valence-corrected chi connectivity index (χ2v) is 9.23. The first kappa shape index (κ1) is 21.7. The summed E-state index contributed by atoms with van der Waals surface area (Å²) in [4.78, 5) is 2.56. The molecule has 0 saturated carbocycles. The Labute approximate surface area is 196 Å².